The number of imidazole rings is 2. The van der Waals surface area contributed by atoms with Crippen molar-refractivity contribution in [2.45, 2.75) is 6.92 Å². The zero-order chi connectivity index (χ0) is 21.8. The maximum absolute atomic E-state index is 13.1. The summed E-state index contributed by atoms with van der Waals surface area (Å²) in [4.78, 5) is 21.0. The Hall–Kier alpha value is -4.26. The molecule has 0 atom stereocenters. The largest absolute Gasteiger partial charge is 0.454 e. The van der Waals surface area contributed by atoms with E-state index in [9.17, 15) is 4.79 Å². The van der Waals surface area contributed by atoms with Crippen LogP contribution in [0, 0.1) is 6.92 Å². The summed E-state index contributed by atoms with van der Waals surface area (Å²) in [6.07, 6.45) is 1.70. The van der Waals surface area contributed by atoms with Crippen molar-refractivity contribution in [2.75, 3.05) is 6.79 Å². The molecule has 5 aromatic rings. The second-order valence-corrected chi connectivity index (χ2v) is 7.91. The van der Waals surface area contributed by atoms with Gasteiger partial charge < -0.3 is 14.5 Å². The third-order valence-electron chi connectivity index (χ3n) is 5.89. The summed E-state index contributed by atoms with van der Waals surface area (Å²) in [6, 6.07) is 19.8. The number of H-pyrrole nitrogens is 1. The Kier molecular flexibility index (Phi) is 3.98. The van der Waals surface area contributed by atoms with E-state index in [0.29, 0.717) is 11.5 Å². The standard InChI is InChI=1S/C25H20N4O3/c1-15-4-3-5-16(10-15)23-24(27-13-26-23)17-6-8-19-20(11-17)28(2)25(30)29(19)18-7-9-21-22(12-18)32-14-31-21/h3-13H,14H2,1-2H3,(H,26,27). The Labute approximate surface area is 183 Å². The highest BCUT2D eigenvalue weighted by atomic mass is 16.7. The summed E-state index contributed by atoms with van der Waals surface area (Å²) in [7, 11) is 1.78. The molecule has 0 radical (unpaired) electrons. The van der Waals surface area contributed by atoms with Gasteiger partial charge in [-0.25, -0.2) is 9.78 Å². The van der Waals surface area contributed by atoms with Gasteiger partial charge in [-0.1, -0.05) is 29.8 Å². The first-order valence-electron chi connectivity index (χ1n) is 10.3. The fourth-order valence-corrected chi connectivity index (χ4v) is 4.29. The molecule has 7 nitrogen and oxygen atoms in total. The van der Waals surface area contributed by atoms with E-state index in [2.05, 4.69) is 35.1 Å². The smallest absolute Gasteiger partial charge is 0.333 e. The second-order valence-electron chi connectivity index (χ2n) is 7.91. The first-order valence-corrected chi connectivity index (χ1v) is 10.3. The van der Waals surface area contributed by atoms with Crippen molar-refractivity contribution in [1.82, 2.24) is 19.1 Å². The molecule has 158 valence electrons. The molecule has 2 aromatic heterocycles. The SMILES string of the molecule is Cc1cccc(-c2nc[nH]c2-c2ccc3c(c2)n(C)c(=O)n3-c2ccc3c(c2)OCO3)c1. The van der Waals surface area contributed by atoms with Gasteiger partial charge in [-0.3, -0.25) is 9.13 Å². The average molecular weight is 424 g/mol. The molecule has 0 aliphatic carbocycles. The number of aromatic amines is 1. The fourth-order valence-electron chi connectivity index (χ4n) is 4.29. The quantitative estimate of drug-likeness (QED) is 0.465. The van der Waals surface area contributed by atoms with E-state index in [4.69, 9.17) is 9.47 Å². The molecule has 6 rings (SSSR count). The molecule has 0 saturated carbocycles. The van der Waals surface area contributed by atoms with E-state index in [1.54, 1.807) is 22.5 Å². The minimum Gasteiger partial charge on any atom is -0.454 e. The van der Waals surface area contributed by atoms with Gasteiger partial charge in [-0.2, -0.15) is 0 Å². The number of hydrogen-bond donors (Lipinski definition) is 1. The van der Waals surface area contributed by atoms with Gasteiger partial charge in [0.05, 0.1) is 34.4 Å². The summed E-state index contributed by atoms with van der Waals surface area (Å²) < 4.78 is 14.2. The third-order valence-corrected chi connectivity index (χ3v) is 5.89. The fraction of sp³-hybridized carbons (Fsp3) is 0.120. The van der Waals surface area contributed by atoms with Crippen molar-refractivity contribution in [3.8, 4) is 39.7 Å². The van der Waals surface area contributed by atoms with Crippen LogP contribution in [0.15, 0.2) is 71.8 Å². The maximum atomic E-state index is 13.1. The van der Waals surface area contributed by atoms with Gasteiger partial charge in [-0.15, -0.1) is 0 Å². The molecular formula is C25H20N4O3. The highest BCUT2D eigenvalue weighted by Gasteiger charge is 2.19. The zero-order valence-electron chi connectivity index (χ0n) is 17.6. The normalized spacial score (nSPS) is 12.6. The van der Waals surface area contributed by atoms with Crippen LogP contribution < -0.4 is 15.2 Å². The molecule has 0 bridgehead atoms. The van der Waals surface area contributed by atoms with Crippen molar-refractivity contribution in [3.63, 3.8) is 0 Å². The monoisotopic (exact) mass is 424 g/mol. The molecule has 3 aromatic carbocycles. The molecular weight excluding hydrogens is 404 g/mol. The van der Waals surface area contributed by atoms with Crippen LogP contribution in [0.25, 0.3) is 39.2 Å². The summed E-state index contributed by atoms with van der Waals surface area (Å²) in [6.45, 7) is 2.26. The van der Waals surface area contributed by atoms with Crippen LogP contribution in [-0.4, -0.2) is 25.9 Å². The predicted molar refractivity (Wildman–Crippen MR) is 122 cm³/mol. The van der Waals surface area contributed by atoms with Crippen LogP contribution in [0.5, 0.6) is 11.5 Å². The highest BCUT2D eigenvalue weighted by Crippen LogP contribution is 2.35. The predicted octanol–water partition coefficient (Wildman–Crippen LogP) is 4.42. The molecule has 0 spiro atoms. The highest BCUT2D eigenvalue weighted by molar-refractivity contribution is 5.87. The molecule has 0 unspecified atom stereocenters. The van der Waals surface area contributed by atoms with Crippen LogP contribution in [0.3, 0.4) is 0 Å². The van der Waals surface area contributed by atoms with Gasteiger partial charge in [0.2, 0.25) is 6.79 Å². The van der Waals surface area contributed by atoms with Gasteiger partial charge in [0, 0.05) is 24.2 Å². The van der Waals surface area contributed by atoms with E-state index in [0.717, 1.165) is 39.2 Å². The number of rotatable bonds is 3. The number of aromatic nitrogens is 4. The van der Waals surface area contributed by atoms with Crippen LogP contribution in [0.4, 0.5) is 0 Å². The molecule has 1 N–H and O–H groups in total. The number of benzene rings is 3. The van der Waals surface area contributed by atoms with Crippen LogP contribution in [0.1, 0.15) is 5.56 Å². The molecule has 0 saturated heterocycles. The Bertz CT molecular complexity index is 1560. The summed E-state index contributed by atoms with van der Waals surface area (Å²) >= 11 is 0. The average Bonchev–Trinajstić information content (AvgIpc) is 3.52. The lowest BCUT2D eigenvalue weighted by molar-refractivity contribution is 0.174. The van der Waals surface area contributed by atoms with Crippen molar-refractivity contribution in [1.29, 1.82) is 0 Å². The topological polar surface area (TPSA) is 74.1 Å². The van der Waals surface area contributed by atoms with Gasteiger partial charge in [0.1, 0.15) is 0 Å². The van der Waals surface area contributed by atoms with Gasteiger partial charge in [0.25, 0.3) is 0 Å². The first-order chi connectivity index (χ1) is 15.6. The summed E-state index contributed by atoms with van der Waals surface area (Å²) in [5.41, 5.74) is 7.24. The third kappa shape index (κ3) is 2.75. The molecule has 1 aliphatic heterocycles. The maximum Gasteiger partial charge on any atom is 0.333 e. The number of hydrogen-bond acceptors (Lipinski definition) is 4. The number of ether oxygens (including phenoxy) is 2. The first kappa shape index (κ1) is 18.5. The number of nitrogens with one attached hydrogen (secondary N) is 1. The van der Waals surface area contributed by atoms with E-state index >= 15 is 0 Å². The zero-order valence-corrected chi connectivity index (χ0v) is 17.6. The van der Waals surface area contributed by atoms with Crippen molar-refractivity contribution >= 4 is 11.0 Å². The van der Waals surface area contributed by atoms with E-state index in [1.165, 1.54) is 5.56 Å². The molecule has 3 heterocycles. The van der Waals surface area contributed by atoms with Crippen molar-refractivity contribution < 1.29 is 9.47 Å². The van der Waals surface area contributed by atoms with E-state index in [1.807, 2.05) is 42.5 Å². The van der Waals surface area contributed by atoms with Crippen LogP contribution in [-0.2, 0) is 7.05 Å². The summed E-state index contributed by atoms with van der Waals surface area (Å²) in [5.74, 6) is 1.33. The molecule has 0 amide bonds. The molecule has 32 heavy (non-hydrogen) atoms. The molecule has 7 heteroatoms. The van der Waals surface area contributed by atoms with Gasteiger partial charge >= 0.3 is 5.69 Å². The Morgan fingerprint density at radius 1 is 0.938 bits per heavy atom. The van der Waals surface area contributed by atoms with Gasteiger partial charge in [0.15, 0.2) is 11.5 Å². The second kappa shape index (κ2) is 6.88. The van der Waals surface area contributed by atoms with Crippen molar-refractivity contribution in [2.24, 2.45) is 7.05 Å². The number of nitrogens with zero attached hydrogens (tertiary/aromatic N) is 3. The summed E-state index contributed by atoms with van der Waals surface area (Å²) in [5, 5.41) is 0. The Balaban J connectivity index is 1.50. The van der Waals surface area contributed by atoms with E-state index in [-0.39, 0.29) is 12.5 Å². The Morgan fingerprint density at radius 2 is 1.81 bits per heavy atom. The Morgan fingerprint density at radius 3 is 2.69 bits per heavy atom. The molecule has 0 fully saturated rings. The number of aryl methyl sites for hydroxylation is 2. The molecule has 1 aliphatic rings. The lowest BCUT2D eigenvalue weighted by Crippen LogP contribution is -2.20. The van der Waals surface area contributed by atoms with E-state index < -0.39 is 0 Å². The minimum atomic E-state index is -0.125. The van der Waals surface area contributed by atoms with Crippen molar-refractivity contribution in [3.05, 3.63) is 83.0 Å². The number of fused-ring (bicyclic) bond motifs is 2. The van der Waals surface area contributed by atoms with Crippen LogP contribution >= 0.6 is 0 Å². The minimum absolute atomic E-state index is 0.125. The lowest BCUT2D eigenvalue weighted by atomic mass is 10.0. The lowest BCUT2D eigenvalue weighted by Gasteiger charge is -2.07. The van der Waals surface area contributed by atoms with Crippen LogP contribution in [0.2, 0.25) is 0 Å². The van der Waals surface area contributed by atoms with Gasteiger partial charge in [-0.05, 0) is 37.3 Å².